The van der Waals surface area contributed by atoms with Crippen LogP contribution in [0.25, 0.3) is 22.5 Å². The second-order valence-electron chi connectivity index (χ2n) is 6.27. The molecule has 0 aromatic carbocycles. The summed E-state index contributed by atoms with van der Waals surface area (Å²) in [7, 11) is 1.92. The molecule has 3 heterocycles. The molecular weight excluding hydrogens is 328 g/mol. The molecule has 0 fully saturated rings. The molecule has 0 aliphatic heterocycles. The van der Waals surface area contributed by atoms with Gasteiger partial charge in [0.1, 0.15) is 0 Å². The number of halogens is 1. The summed E-state index contributed by atoms with van der Waals surface area (Å²) in [5.74, 6) is 1.71. The lowest BCUT2D eigenvalue weighted by atomic mass is 10.2. The number of nitrogens with zero attached hydrogens (tertiary/aromatic N) is 5. The van der Waals surface area contributed by atoms with Gasteiger partial charge in [0.25, 0.3) is 5.89 Å². The Morgan fingerprint density at radius 1 is 1.25 bits per heavy atom. The average molecular weight is 351 g/mol. The summed E-state index contributed by atoms with van der Waals surface area (Å²) in [5, 5.41) is 12.6. The number of likely N-dealkylation sites (N-methyl/N-ethyl adjacent to an activating group) is 1. The van der Waals surface area contributed by atoms with Crippen molar-refractivity contribution < 1.29 is 4.52 Å². The van der Waals surface area contributed by atoms with Gasteiger partial charge in [0.15, 0.2) is 11.5 Å². The normalized spacial score (nSPS) is 12.5. The van der Waals surface area contributed by atoms with E-state index in [2.05, 4.69) is 46.3 Å². The third-order valence-electron chi connectivity index (χ3n) is 3.71. The van der Waals surface area contributed by atoms with Crippen LogP contribution in [0.4, 0.5) is 0 Å². The molecule has 8 heteroatoms. The van der Waals surface area contributed by atoms with Gasteiger partial charge in [-0.15, -0.1) is 12.4 Å². The molecule has 3 rings (SSSR count). The zero-order valence-electron chi connectivity index (χ0n) is 14.4. The van der Waals surface area contributed by atoms with E-state index in [1.807, 2.05) is 24.0 Å². The van der Waals surface area contributed by atoms with Crippen molar-refractivity contribution in [2.45, 2.75) is 39.8 Å². The van der Waals surface area contributed by atoms with Crippen molar-refractivity contribution in [2.24, 2.45) is 5.92 Å². The Bertz CT molecular complexity index is 797. The van der Waals surface area contributed by atoms with Crippen molar-refractivity contribution in [3.8, 4) is 11.5 Å². The molecule has 130 valence electrons. The first-order valence-electron chi connectivity index (χ1n) is 7.88. The van der Waals surface area contributed by atoms with Crippen LogP contribution in [0.2, 0.25) is 0 Å². The van der Waals surface area contributed by atoms with Crippen LogP contribution in [0.3, 0.4) is 0 Å². The largest absolute Gasteiger partial charge is 0.334 e. The third kappa shape index (κ3) is 3.91. The van der Waals surface area contributed by atoms with E-state index in [4.69, 9.17) is 4.52 Å². The van der Waals surface area contributed by atoms with Gasteiger partial charge in [-0.1, -0.05) is 19.0 Å². The summed E-state index contributed by atoms with van der Waals surface area (Å²) in [6, 6.07) is 2.29. The molecule has 24 heavy (non-hydrogen) atoms. The van der Waals surface area contributed by atoms with Crippen LogP contribution in [0.5, 0.6) is 0 Å². The van der Waals surface area contributed by atoms with Gasteiger partial charge in [0, 0.05) is 30.6 Å². The molecule has 0 saturated heterocycles. The van der Waals surface area contributed by atoms with Crippen molar-refractivity contribution in [1.29, 1.82) is 0 Å². The van der Waals surface area contributed by atoms with Gasteiger partial charge in [-0.05, 0) is 26.0 Å². The third-order valence-corrected chi connectivity index (χ3v) is 3.71. The molecule has 0 spiro atoms. The minimum atomic E-state index is 0. The van der Waals surface area contributed by atoms with E-state index < -0.39 is 0 Å². The molecular formula is C16H23ClN6O. The molecule has 1 atom stereocenters. The van der Waals surface area contributed by atoms with Gasteiger partial charge in [-0.3, -0.25) is 0 Å². The maximum absolute atomic E-state index is 5.36. The highest BCUT2D eigenvalue weighted by Crippen LogP contribution is 2.21. The van der Waals surface area contributed by atoms with Crippen LogP contribution in [0, 0.1) is 5.92 Å². The first-order chi connectivity index (χ1) is 11.1. The monoisotopic (exact) mass is 350 g/mol. The van der Waals surface area contributed by atoms with Crippen molar-refractivity contribution in [3.63, 3.8) is 0 Å². The Morgan fingerprint density at radius 2 is 2.04 bits per heavy atom. The first kappa shape index (κ1) is 18.4. The molecule has 7 nitrogen and oxygen atoms in total. The molecule has 0 saturated carbocycles. The van der Waals surface area contributed by atoms with Crippen LogP contribution in [0.1, 0.15) is 26.6 Å². The van der Waals surface area contributed by atoms with Crippen LogP contribution in [0.15, 0.2) is 23.0 Å². The smallest absolute Gasteiger partial charge is 0.259 e. The number of hydrogen-bond acceptors (Lipinski definition) is 6. The minimum absolute atomic E-state index is 0. The molecule has 3 aromatic heterocycles. The molecule has 0 radical (unpaired) electrons. The highest BCUT2D eigenvalue weighted by molar-refractivity contribution is 5.85. The number of aromatic nitrogens is 5. The van der Waals surface area contributed by atoms with Crippen LogP contribution in [-0.2, 0) is 13.0 Å². The zero-order chi connectivity index (χ0) is 16.4. The van der Waals surface area contributed by atoms with E-state index in [1.165, 1.54) is 0 Å². The second kappa shape index (κ2) is 7.72. The Kier molecular flexibility index (Phi) is 5.90. The van der Waals surface area contributed by atoms with E-state index in [1.54, 1.807) is 6.20 Å². The average Bonchev–Trinajstić information content (AvgIpc) is 3.14. The molecule has 0 amide bonds. The number of nitrogens with one attached hydrogen (secondary N) is 1. The van der Waals surface area contributed by atoms with E-state index in [9.17, 15) is 0 Å². The Labute approximate surface area is 147 Å². The summed E-state index contributed by atoms with van der Waals surface area (Å²) in [6.07, 6.45) is 4.32. The number of pyridine rings is 1. The van der Waals surface area contributed by atoms with Crippen molar-refractivity contribution in [2.75, 3.05) is 7.05 Å². The minimum Gasteiger partial charge on any atom is -0.334 e. The Balaban J connectivity index is 0.00000208. The number of rotatable bonds is 6. The van der Waals surface area contributed by atoms with Gasteiger partial charge < -0.3 is 9.84 Å². The lowest BCUT2D eigenvalue weighted by Crippen LogP contribution is -2.24. The molecule has 0 bridgehead atoms. The topological polar surface area (TPSA) is 81.7 Å². The van der Waals surface area contributed by atoms with E-state index in [-0.39, 0.29) is 12.4 Å². The number of fused-ring (bicyclic) bond motifs is 1. The zero-order valence-corrected chi connectivity index (χ0v) is 15.2. The van der Waals surface area contributed by atoms with Gasteiger partial charge in [0.2, 0.25) is 0 Å². The fraction of sp³-hybridized carbons (Fsp3) is 0.500. The van der Waals surface area contributed by atoms with Crippen LogP contribution in [-0.4, -0.2) is 38.0 Å². The maximum atomic E-state index is 5.36. The van der Waals surface area contributed by atoms with E-state index in [0.717, 1.165) is 29.6 Å². The number of hydrogen-bond donors (Lipinski definition) is 1. The van der Waals surface area contributed by atoms with E-state index in [0.29, 0.717) is 23.7 Å². The predicted octanol–water partition coefficient (Wildman–Crippen LogP) is 2.71. The maximum Gasteiger partial charge on any atom is 0.259 e. The lowest BCUT2D eigenvalue weighted by Gasteiger charge is -2.05. The molecule has 0 aliphatic carbocycles. The van der Waals surface area contributed by atoms with Crippen molar-refractivity contribution in [1.82, 2.24) is 30.2 Å². The van der Waals surface area contributed by atoms with Crippen molar-refractivity contribution >= 4 is 23.4 Å². The molecule has 1 unspecified atom stereocenters. The van der Waals surface area contributed by atoms with Gasteiger partial charge in [-0.2, -0.15) is 10.1 Å². The summed E-state index contributed by atoms with van der Waals surface area (Å²) < 4.78 is 7.29. The first-order valence-corrected chi connectivity index (χ1v) is 7.88. The predicted molar refractivity (Wildman–Crippen MR) is 95.1 cm³/mol. The fourth-order valence-corrected chi connectivity index (χ4v) is 2.40. The van der Waals surface area contributed by atoms with Crippen LogP contribution < -0.4 is 5.32 Å². The fourth-order valence-electron chi connectivity index (χ4n) is 2.40. The molecule has 1 N–H and O–H groups in total. The SMILES string of the molecule is CNC(C)Cc1noc(-c2cnc3c(cnn3CC(C)C)c2)n1.Cl. The van der Waals surface area contributed by atoms with E-state index >= 15 is 0 Å². The van der Waals surface area contributed by atoms with Crippen molar-refractivity contribution in [3.05, 3.63) is 24.3 Å². The highest BCUT2D eigenvalue weighted by Gasteiger charge is 2.13. The summed E-state index contributed by atoms with van der Waals surface area (Å²) in [6.45, 7) is 7.25. The van der Waals surface area contributed by atoms with Gasteiger partial charge in [0.05, 0.1) is 11.8 Å². The quantitative estimate of drug-likeness (QED) is 0.736. The molecule has 0 aliphatic rings. The summed E-state index contributed by atoms with van der Waals surface area (Å²) in [5.41, 5.74) is 1.70. The summed E-state index contributed by atoms with van der Waals surface area (Å²) in [4.78, 5) is 8.96. The molecule has 3 aromatic rings. The standard InChI is InChI=1S/C16H22N6O.ClH/c1-10(2)9-22-15-12(8-19-22)6-13(7-18-15)16-20-14(21-23-16)5-11(3)17-4;/h6-8,10-11,17H,5,9H2,1-4H3;1H. The Hall–Kier alpha value is -1.99. The van der Waals surface area contributed by atoms with Gasteiger partial charge >= 0.3 is 0 Å². The Morgan fingerprint density at radius 3 is 2.75 bits per heavy atom. The van der Waals surface area contributed by atoms with Crippen LogP contribution >= 0.6 is 12.4 Å². The van der Waals surface area contributed by atoms with Gasteiger partial charge in [-0.25, -0.2) is 9.67 Å². The lowest BCUT2D eigenvalue weighted by molar-refractivity contribution is 0.418. The second-order valence-corrected chi connectivity index (χ2v) is 6.27. The highest BCUT2D eigenvalue weighted by atomic mass is 35.5. The summed E-state index contributed by atoms with van der Waals surface area (Å²) >= 11 is 0.